The van der Waals surface area contributed by atoms with E-state index in [0.717, 1.165) is 28.1 Å². The Morgan fingerprint density at radius 3 is 2.50 bits per heavy atom. The van der Waals surface area contributed by atoms with Crippen LogP contribution in [-0.4, -0.2) is 19.1 Å². The van der Waals surface area contributed by atoms with Crippen LogP contribution in [0.15, 0.2) is 30.5 Å². The van der Waals surface area contributed by atoms with Gasteiger partial charge in [0, 0.05) is 0 Å². The average molecular weight is 274 g/mol. The minimum absolute atomic E-state index is 0.0693. The lowest BCUT2D eigenvalue weighted by Crippen LogP contribution is -2.20. The number of aromatic nitrogens is 1. The number of hydrogen-bond acceptors (Lipinski definition) is 3. The van der Waals surface area contributed by atoms with E-state index in [4.69, 9.17) is 4.74 Å². The molecule has 0 bridgehead atoms. The summed E-state index contributed by atoms with van der Waals surface area (Å²) in [5, 5.41) is 3.23. The largest absolute Gasteiger partial charge is 0.496 e. The average Bonchev–Trinajstić information content (AvgIpc) is 2.45. The third-order valence-corrected chi connectivity index (χ3v) is 3.43. The van der Waals surface area contributed by atoms with Crippen molar-refractivity contribution in [1.82, 2.24) is 10.3 Å². The lowest BCUT2D eigenvalue weighted by molar-refractivity contribution is 0.411. The minimum Gasteiger partial charge on any atom is -0.496 e. The molecule has 1 aromatic heterocycles. The normalized spacial score (nSPS) is 12.2. The molecule has 1 heterocycles. The van der Waals surface area contributed by atoms with Crippen molar-refractivity contribution in [2.24, 2.45) is 0 Å². The Kier molecular flexibility index (Phi) is 4.35. The highest BCUT2D eigenvalue weighted by atomic mass is 19.1. The molecule has 2 aromatic rings. The van der Waals surface area contributed by atoms with E-state index < -0.39 is 0 Å². The van der Waals surface area contributed by atoms with Gasteiger partial charge in [0.2, 0.25) is 0 Å². The molecule has 0 saturated heterocycles. The highest BCUT2D eigenvalue weighted by Gasteiger charge is 2.17. The van der Waals surface area contributed by atoms with Crippen LogP contribution in [0.1, 0.15) is 28.4 Å². The molecule has 1 N–H and O–H groups in total. The molecule has 2 rings (SSSR count). The van der Waals surface area contributed by atoms with Crippen LogP contribution in [0.3, 0.4) is 0 Å². The molecule has 0 aliphatic carbocycles. The number of ether oxygens (including phenoxy) is 1. The zero-order valence-corrected chi connectivity index (χ0v) is 12.2. The van der Waals surface area contributed by atoms with Crippen LogP contribution in [0.4, 0.5) is 4.39 Å². The molecule has 0 aliphatic heterocycles. The van der Waals surface area contributed by atoms with E-state index in [2.05, 4.69) is 16.4 Å². The Morgan fingerprint density at radius 1 is 1.20 bits per heavy atom. The topological polar surface area (TPSA) is 34.2 Å². The first-order valence-corrected chi connectivity index (χ1v) is 6.50. The zero-order valence-electron chi connectivity index (χ0n) is 12.2. The summed E-state index contributed by atoms with van der Waals surface area (Å²) < 4.78 is 18.3. The van der Waals surface area contributed by atoms with Crippen molar-refractivity contribution >= 4 is 0 Å². The summed E-state index contributed by atoms with van der Waals surface area (Å²) in [6, 6.07) is 7.16. The van der Waals surface area contributed by atoms with E-state index in [1.165, 1.54) is 12.3 Å². The Hall–Kier alpha value is -1.94. The van der Waals surface area contributed by atoms with Gasteiger partial charge in [-0.25, -0.2) is 4.39 Å². The Labute approximate surface area is 118 Å². The van der Waals surface area contributed by atoms with E-state index in [1.807, 2.05) is 27.0 Å². The van der Waals surface area contributed by atoms with Gasteiger partial charge in [0.15, 0.2) is 0 Å². The van der Waals surface area contributed by atoms with Crippen LogP contribution >= 0.6 is 0 Å². The van der Waals surface area contributed by atoms with Crippen molar-refractivity contribution < 1.29 is 9.13 Å². The molecule has 0 amide bonds. The zero-order chi connectivity index (χ0) is 14.7. The molecule has 3 nitrogen and oxygen atoms in total. The van der Waals surface area contributed by atoms with Gasteiger partial charge < -0.3 is 10.1 Å². The van der Waals surface area contributed by atoms with Crippen LogP contribution in [0.5, 0.6) is 5.75 Å². The van der Waals surface area contributed by atoms with Gasteiger partial charge >= 0.3 is 0 Å². The quantitative estimate of drug-likeness (QED) is 0.930. The number of pyridine rings is 1. The van der Waals surface area contributed by atoms with Crippen molar-refractivity contribution in [2.75, 3.05) is 14.2 Å². The molecule has 4 heteroatoms. The van der Waals surface area contributed by atoms with E-state index in [0.29, 0.717) is 0 Å². The van der Waals surface area contributed by atoms with Gasteiger partial charge in [-0.3, -0.25) is 4.98 Å². The van der Waals surface area contributed by atoms with E-state index in [1.54, 1.807) is 13.2 Å². The van der Waals surface area contributed by atoms with Crippen LogP contribution in [0, 0.1) is 19.7 Å². The first kappa shape index (κ1) is 14.5. The molecule has 0 aliphatic rings. The first-order valence-electron chi connectivity index (χ1n) is 6.50. The molecular formula is C16H19FN2O. The van der Waals surface area contributed by atoms with Crippen molar-refractivity contribution in [3.8, 4) is 5.75 Å². The lowest BCUT2D eigenvalue weighted by atomic mass is 9.96. The molecule has 106 valence electrons. The third-order valence-electron chi connectivity index (χ3n) is 3.43. The predicted molar refractivity (Wildman–Crippen MR) is 77.6 cm³/mol. The van der Waals surface area contributed by atoms with Crippen molar-refractivity contribution in [2.45, 2.75) is 19.9 Å². The van der Waals surface area contributed by atoms with E-state index in [9.17, 15) is 4.39 Å². The molecule has 0 fully saturated rings. The minimum atomic E-state index is -0.328. The number of benzene rings is 1. The second kappa shape index (κ2) is 6.01. The fourth-order valence-electron chi connectivity index (χ4n) is 2.36. The summed E-state index contributed by atoms with van der Waals surface area (Å²) in [5.41, 5.74) is 4.08. The summed E-state index contributed by atoms with van der Waals surface area (Å²) in [5.74, 6) is 0.541. The maximum absolute atomic E-state index is 13.0. The first-order chi connectivity index (χ1) is 9.56. The molecule has 0 spiro atoms. The van der Waals surface area contributed by atoms with Crippen LogP contribution in [0.25, 0.3) is 0 Å². The maximum Gasteiger partial charge on any atom is 0.141 e. The highest BCUT2D eigenvalue weighted by molar-refractivity contribution is 5.44. The van der Waals surface area contributed by atoms with Gasteiger partial charge in [-0.05, 0) is 55.8 Å². The van der Waals surface area contributed by atoms with E-state index >= 15 is 0 Å². The molecular weight excluding hydrogens is 255 g/mol. The molecule has 0 radical (unpaired) electrons. The fraction of sp³-hybridized carbons (Fsp3) is 0.312. The monoisotopic (exact) mass is 274 g/mol. The number of nitrogens with zero attached hydrogens (tertiary/aromatic N) is 1. The Balaban J connectivity index is 2.46. The Bertz CT molecular complexity index is 596. The maximum atomic E-state index is 13.0. The highest BCUT2D eigenvalue weighted by Crippen LogP contribution is 2.29. The fourth-order valence-corrected chi connectivity index (χ4v) is 2.36. The number of aryl methyl sites for hydroxylation is 2. The second-order valence-electron chi connectivity index (χ2n) is 4.80. The molecule has 0 saturated carbocycles. The standard InChI is InChI=1S/C16H19FN2O/c1-10-8-15(20-4)11(2)7-13(10)16(18-3)14-6-5-12(17)9-19-14/h5-9,16,18H,1-4H3. The summed E-state index contributed by atoms with van der Waals surface area (Å²) >= 11 is 0. The summed E-state index contributed by atoms with van der Waals surface area (Å²) in [7, 11) is 3.53. The number of nitrogens with one attached hydrogen (secondary N) is 1. The Morgan fingerprint density at radius 2 is 1.95 bits per heavy atom. The van der Waals surface area contributed by atoms with Crippen molar-refractivity contribution in [3.63, 3.8) is 0 Å². The van der Waals surface area contributed by atoms with Gasteiger partial charge in [-0.2, -0.15) is 0 Å². The van der Waals surface area contributed by atoms with Crippen molar-refractivity contribution in [1.29, 1.82) is 0 Å². The molecule has 1 unspecified atom stereocenters. The van der Waals surface area contributed by atoms with Crippen LogP contribution < -0.4 is 10.1 Å². The molecule has 1 atom stereocenters. The summed E-state index contributed by atoms with van der Waals surface area (Å²) in [6.45, 7) is 4.04. The van der Waals surface area contributed by atoms with Gasteiger partial charge in [-0.1, -0.05) is 6.07 Å². The second-order valence-corrected chi connectivity index (χ2v) is 4.80. The predicted octanol–water partition coefficient (Wildman–Crippen LogP) is 3.15. The molecule has 20 heavy (non-hydrogen) atoms. The van der Waals surface area contributed by atoms with E-state index in [-0.39, 0.29) is 11.9 Å². The summed E-state index contributed by atoms with van der Waals surface area (Å²) in [4.78, 5) is 4.17. The van der Waals surface area contributed by atoms with Gasteiger partial charge in [0.25, 0.3) is 0 Å². The van der Waals surface area contributed by atoms with Gasteiger partial charge in [0.1, 0.15) is 11.6 Å². The SMILES string of the molecule is CNC(c1ccc(F)cn1)c1cc(C)c(OC)cc1C. The smallest absolute Gasteiger partial charge is 0.141 e. The van der Waals surface area contributed by atoms with Gasteiger partial charge in [-0.15, -0.1) is 0 Å². The van der Waals surface area contributed by atoms with Gasteiger partial charge in [0.05, 0.1) is 25.0 Å². The number of hydrogen-bond donors (Lipinski definition) is 1. The van der Waals surface area contributed by atoms with Crippen LogP contribution in [-0.2, 0) is 0 Å². The van der Waals surface area contributed by atoms with Crippen LogP contribution in [0.2, 0.25) is 0 Å². The third kappa shape index (κ3) is 2.80. The van der Waals surface area contributed by atoms with Crippen molar-refractivity contribution in [3.05, 3.63) is 58.7 Å². The summed E-state index contributed by atoms with van der Waals surface area (Å²) in [6.07, 6.45) is 1.24. The number of rotatable bonds is 4. The lowest BCUT2D eigenvalue weighted by Gasteiger charge is -2.20. The number of methoxy groups -OCH3 is 1. The molecule has 1 aromatic carbocycles. The number of halogens is 1.